The zero-order chi connectivity index (χ0) is 12.8. The van der Waals surface area contributed by atoms with Crippen molar-refractivity contribution in [1.82, 2.24) is 9.88 Å². The summed E-state index contributed by atoms with van der Waals surface area (Å²) in [4.78, 5) is 17.5. The number of hydrogen-bond donors (Lipinski definition) is 1. The van der Waals surface area contributed by atoms with Gasteiger partial charge in [-0.15, -0.1) is 0 Å². The molecule has 0 aliphatic carbocycles. The van der Waals surface area contributed by atoms with Crippen molar-refractivity contribution in [3.63, 3.8) is 0 Å². The average Bonchev–Trinajstić information content (AvgIpc) is 2.27. The second-order valence-corrected chi connectivity index (χ2v) is 4.42. The van der Waals surface area contributed by atoms with Gasteiger partial charge in [0.05, 0.1) is 0 Å². The third-order valence-electron chi connectivity index (χ3n) is 2.50. The molecule has 17 heavy (non-hydrogen) atoms. The third kappa shape index (κ3) is 4.23. The number of aromatic nitrogens is 1. The molecule has 0 atom stereocenters. The van der Waals surface area contributed by atoms with Crippen LogP contribution in [0, 0.1) is 0 Å². The first kappa shape index (κ1) is 13.8. The molecule has 4 nitrogen and oxygen atoms in total. The lowest BCUT2D eigenvalue weighted by Crippen LogP contribution is -2.27. The Hall–Kier alpha value is -1.29. The molecule has 0 saturated carbocycles. The van der Waals surface area contributed by atoms with Crippen LogP contribution < -0.4 is 5.73 Å². The van der Waals surface area contributed by atoms with E-state index in [1.807, 2.05) is 0 Å². The number of rotatable bonds is 5. The van der Waals surface area contributed by atoms with E-state index in [-0.39, 0.29) is 16.9 Å². The SMILES string of the molecule is CCCCCN(C)C(=O)c1cc(N)nc(Cl)c1. The first-order valence-corrected chi connectivity index (χ1v) is 6.11. The standard InChI is InChI=1S/C12H18ClN3O/c1-3-4-5-6-16(2)12(17)9-7-10(13)15-11(14)8-9/h7-8H,3-6H2,1-2H3,(H2,14,15). The van der Waals surface area contributed by atoms with Crippen LogP contribution in [-0.4, -0.2) is 29.4 Å². The summed E-state index contributed by atoms with van der Waals surface area (Å²) >= 11 is 5.76. The summed E-state index contributed by atoms with van der Waals surface area (Å²) in [6.45, 7) is 2.87. The number of hydrogen-bond acceptors (Lipinski definition) is 3. The fraction of sp³-hybridized carbons (Fsp3) is 0.500. The van der Waals surface area contributed by atoms with Crippen molar-refractivity contribution >= 4 is 23.3 Å². The van der Waals surface area contributed by atoms with E-state index in [0.29, 0.717) is 5.56 Å². The van der Waals surface area contributed by atoms with Crippen LogP contribution in [0.4, 0.5) is 5.82 Å². The molecule has 1 aromatic heterocycles. The maximum Gasteiger partial charge on any atom is 0.253 e. The summed E-state index contributed by atoms with van der Waals surface area (Å²) in [5, 5.41) is 0.246. The lowest BCUT2D eigenvalue weighted by Gasteiger charge is -2.17. The van der Waals surface area contributed by atoms with Crippen molar-refractivity contribution in [2.24, 2.45) is 0 Å². The quantitative estimate of drug-likeness (QED) is 0.650. The Morgan fingerprint density at radius 1 is 1.47 bits per heavy atom. The van der Waals surface area contributed by atoms with Gasteiger partial charge in [-0.2, -0.15) is 0 Å². The van der Waals surface area contributed by atoms with Crippen LogP contribution in [-0.2, 0) is 0 Å². The Kier molecular flexibility index (Phi) is 5.22. The number of pyridine rings is 1. The number of carbonyl (C=O) groups excluding carboxylic acids is 1. The number of nitrogens with two attached hydrogens (primary N) is 1. The molecule has 94 valence electrons. The van der Waals surface area contributed by atoms with E-state index < -0.39 is 0 Å². The maximum absolute atomic E-state index is 12.0. The fourth-order valence-electron chi connectivity index (χ4n) is 1.56. The first-order valence-electron chi connectivity index (χ1n) is 5.73. The Labute approximate surface area is 107 Å². The summed E-state index contributed by atoms with van der Waals surface area (Å²) < 4.78 is 0. The molecule has 0 saturated heterocycles. The number of carbonyl (C=O) groups is 1. The zero-order valence-corrected chi connectivity index (χ0v) is 11.0. The molecule has 0 aromatic carbocycles. The highest BCUT2D eigenvalue weighted by Gasteiger charge is 2.12. The van der Waals surface area contributed by atoms with Crippen LogP contribution in [0.25, 0.3) is 0 Å². The second kappa shape index (κ2) is 6.45. The molecule has 5 heteroatoms. The van der Waals surface area contributed by atoms with E-state index in [9.17, 15) is 4.79 Å². The molecule has 1 heterocycles. The number of amides is 1. The summed E-state index contributed by atoms with van der Waals surface area (Å²) in [6.07, 6.45) is 3.26. The molecule has 1 aromatic rings. The van der Waals surface area contributed by atoms with Gasteiger partial charge in [0.2, 0.25) is 0 Å². The van der Waals surface area contributed by atoms with Gasteiger partial charge >= 0.3 is 0 Å². The fourth-order valence-corrected chi connectivity index (χ4v) is 1.78. The minimum atomic E-state index is -0.0721. The van der Waals surface area contributed by atoms with Crippen LogP contribution >= 0.6 is 11.6 Å². The monoisotopic (exact) mass is 255 g/mol. The van der Waals surface area contributed by atoms with Gasteiger partial charge in [-0.25, -0.2) is 4.98 Å². The maximum atomic E-state index is 12.0. The molecule has 2 N–H and O–H groups in total. The summed E-state index contributed by atoms with van der Waals surface area (Å²) in [5.74, 6) is 0.194. The second-order valence-electron chi connectivity index (χ2n) is 4.04. The Bertz CT molecular complexity index is 375. The van der Waals surface area contributed by atoms with Crippen molar-refractivity contribution in [3.05, 3.63) is 22.8 Å². The van der Waals surface area contributed by atoms with Gasteiger partial charge in [-0.1, -0.05) is 31.4 Å². The normalized spacial score (nSPS) is 10.3. The molecule has 0 unspecified atom stereocenters. The Morgan fingerprint density at radius 2 is 2.18 bits per heavy atom. The molecular weight excluding hydrogens is 238 g/mol. The Balaban J connectivity index is 2.68. The number of anilines is 1. The highest BCUT2D eigenvalue weighted by Crippen LogP contribution is 2.14. The Morgan fingerprint density at radius 3 is 2.76 bits per heavy atom. The smallest absolute Gasteiger partial charge is 0.253 e. The van der Waals surface area contributed by atoms with Crippen LogP contribution in [0.5, 0.6) is 0 Å². The van der Waals surface area contributed by atoms with Crippen LogP contribution in [0.3, 0.4) is 0 Å². The number of nitrogen functional groups attached to an aromatic ring is 1. The highest BCUT2D eigenvalue weighted by atomic mass is 35.5. The third-order valence-corrected chi connectivity index (χ3v) is 2.70. The molecule has 0 spiro atoms. The van der Waals surface area contributed by atoms with Gasteiger partial charge in [0.25, 0.3) is 5.91 Å². The predicted molar refractivity (Wildman–Crippen MR) is 70.1 cm³/mol. The van der Waals surface area contributed by atoms with Crippen molar-refractivity contribution in [1.29, 1.82) is 0 Å². The topological polar surface area (TPSA) is 59.2 Å². The minimum Gasteiger partial charge on any atom is -0.384 e. The van der Waals surface area contributed by atoms with E-state index in [4.69, 9.17) is 17.3 Å². The van der Waals surface area contributed by atoms with Gasteiger partial charge in [0.15, 0.2) is 0 Å². The molecule has 0 fully saturated rings. The van der Waals surface area contributed by atoms with Crippen molar-refractivity contribution in [2.75, 3.05) is 19.3 Å². The molecule has 0 radical (unpaired) electrons. The average molecular weight is 256 g/mol. The minimum absolute atomic E-state index is 0.0721. The molecule has 0 aliphatic heterocycles. The van der Waals surface area contributed by atoms with Gasteiger partial charge in [0.1, 0.15) is 11.0 Å². The van der Waals surface area contributed by atoms with Crippen molar-refractivity contribution in [3.8, 4) is 0 Å². The molecule has 1 rings (SSSR count). The van der Waals surface area contributed by atoms with Crippen LogP contribution in [0.1, 0.15) is 36.5 Å². The van der Waals surface area contributed by atoms with E-state index in [0.717, 1.165) is 25.8 Å². The highest BCUT2D eigenvalue weighted by molar-refractivity contribution is 6.29. The van der Waals surface area contributed by atoms with Gasteiger partial charge < -0.3 is 10.6 Å². The van der Waals surface area contributed by atoms with Crippen molar-refractivity contribution in [2.45, 2.75) is 26.2 Å². The largest absolute Gasteiger partial charge is 0.384 e. The van der Waals surface area contributed by atoms with Crippen molar-refractivity contribution < 1.29 is 4.79 Å². The number of unbranched alkanes of at least 4 members (excludes halogenated alkanes) is 2. The molecular formula is C12H18ClN3O. The molecule has 0 bridgehead atoms. The molecule has 1 amide bonds. The van der Waals surface area contributed by atoms with E-state index in [2.05, 4.69) is 11.9 Å². The summed E-state index contributed by atoms with van der Waals surface area (Å²) in [7, 11) is 1.78. The number of nitrogens with zero attached hydrogens (tertiary/aromatic N) is 2. The summed E-state index contributed by atoms with van der Waals surface area (Å²) in [6, 6.07) is 3.08. The van der Waals surface area contributed by atoms with E-state index in [1.165, 1.54) is 6.07 Å². The van der Waals surface area contributed by atoms with Gasteiger partial charge in [-0.3, -0.25) is 4.79 Å². The first-order chi connectivity index (χ1) is 8.04. The molecule has 0 aliphatic rings. The van der Waals surface area contributed by atoms with Crippen LogP contribution in [0.15, 0.2) is 12.1 Å². The van der Waals surface area contributed by atoms with E-state index in [1.54, 1.807) is 18.0 Å². The predicted octanol–water partition coefficient (Wildman–Crippen LogP) is 2.58. The van der Waals surface area contributed by atoms with E-state index >= 15 is 0 Å². The van der Waals surface area contributed by atoms with Crippen LogP contribution in [0.2, 0.25) is 5.15 Å². The zero-order valence-electron chi connectivity index (χ0n) is 10.2. The van der Waals surface area contributed by atoms with Gasteiger partial charge in [-0.05, 0) is 18.6 Å². The lowest BCUT2D eigenvalue weighted by molar-refractivity contribution is 0.0792. The lowest BCUT2D eigenvalue weighted by atomic mass is 10.2. The number of halogens is 1. The van der Waals surface area contributed by atoms with Gasteiger partial charge in [0, 0.05) is 19.2 Å². The summed E-state index contributed by atoms with van der Waals surface area (Å²) in [5.41, 5.74) is 6.04.